The van der Waals surface area contributed by atoms with Crippen molar-refractivity contribution in [1.29, 1.82) is 0 Å². The normalized spacial score (nSPS) is 16.5. The van der Waals surface area contributed by atoms with Crippen molar-refractivity contribution in [3.05, 3.63) is 40.4 Å². The SMILES string of the molecule is Cc1nc(NC(=O)c2cccc(N3CCCS3(=O)=O)c2)sc1C. The zero-order chi connectivity index (χ0) is 16.6. The lowest BCUT2D eigenvalue weighted by Crippen LogP contribution is -2.25. The first kappa shape index (κ1) is 15.9. The van der Waals surface area contributed by atoms with Crippen LogP contribution in [0.15, 0.2) is 24.3 Å². The zero-order valence-electron chi connectivity index (χ0n) is 12.9. The second kappa shape index (κ2) is 5.93. The Morgan fingerprint density at radius 3 is 2.74 bits per heavy atom. The third-order valence-corrected chi connectivity index (χ3v) is 6.60. The number of thiazole rings is 1. The van der Waals surface area contributed by atoms with Gasteiger partial charge in [-0.2, -0.15) is 0 Å². The molecule has 1 saturated heterocycles. The molecule has 0 unspecified atom stereocenters. The van der Waals surface area contributed by atoms with E-state index in [0.717, 1.165) is 10.6 Å². The number of anilines is 2. The quantitative estimate of drug-likeness (QED) is 0.922. The van der Waals surface area contributed by atoms with Crippen molar-refractivity contribution in [2.24, 2.45) is 0 Å². The average Bonchev–Trinajstić information content (AvgIpc) is 3.01. The van der Waals surface area contributed by atoms with Gasteiger partial charge in [-0.25, -0.2) is 13.4 Å². The predicted molar refractivity (Wildman–Crippen MR) is 91.7 cm³/mol. The first-order chi connectivity index (χ1) is 10.9. The molecule has 0 bridgehead atoms. The fourth-order valence-corrected chi connectivity index (χ4v) is 4.79. The van der Waals surface area contributed by atoms with Crippen LogP contribution in [0.1, 0.15) is 27.3 Å². The smallest absolute Gasteiger partial charge is 0.257 e. The minimum Gasteiger partial charge on any atom is -0.298 e. The van der Waals surface area contributed by atoms with E-state index in [2.05, 4.69) is 10.3 Å². The van der Waals surface area contributed by atoms with E-state index in [-0.39, 0.29) is 11.7 Å². The summed E-state index contributed by atoms with van der Waals surface area (Å²) in [6, 6.07) is 6.66. The van der Waals surface area contributed by atoms with Gasteiger partial charge in [0.2, 0.25) is 10.0 Å². The summed E-state index contributed by atoms with van der Waals surface area (Å²) in [7, 11) is -3.25. The number of sulfonamides is 1. The van der Waals surface area contributed by atoms with Crippen LogP contribution in [0.25, 0.3) is 0 Å². The number of hydrogen-bond acceptors (Lipinski definition) is 5. The van der Waals surface area contributed by atoms with Gasteiger partial charge in [0.25, 0.3) is 5.91 Å². The van der Waals surface area contributed by atoms with Crippen LogP contribution in [0, 0.1) is 13.8 Å². The Bertz CT molecular complexity index is 839. The molecular formula is C15H17N3O3S2. The molecule has 8 heteroatoms. The number of aromatic nitrogens is 1. The van der Waals surface area contributed by atoms with Gasteiger partial charge < -0.3 is 0 Å². The molecule has 1 aromatic carbocycles. The molecule has 1 amide bonds. The van der Waals surface area contributed by atoms with Crippen molar-refractivity contribution in [1.82, 2.24) is 4.98 Å². The van der Waals surface area contributed by atoms with Gasteiger partial charge in [0.05, 0.1) is 17.1 Å². The van der Waals surface area contributed by atoms with Crippen LogP contribution >= 0.6 is 11.3 Å². The van der Waals surface area contributed by atoms with Crippen molar-refractivity contribution in [2.45, 2.75) is 20.3 Å². The van der Waals surface area contributed by atoms with Gasteiger partial charge >= 0.3 is 0 Å². The Labute approximate surface area is 139 Å². The molecule has 1 fully saturated rings. The van der Waals surface area contributed by atoms with Gasteiger partial charge in [0.1, 0.15) is 0 Å². The standard InChI is InChI=1S/C15H17N3O3S2/c1-10-11(2)22-15(16-10)17-14(19)12-5-3-6-13(9-12)18-7-4-8-23(18,20)21/h3,5-6,9H,4,7-8H2,1-2H3,(H,16,17,19). The Morgan fingerprint density at radius 1 is 1.35 bits per heavy atom. The number of nitrogens with one attached hydrogen (secondary N) is 1. The lowest BCUT2D eigenvalue weighted by atomic mass is 10.2. The van der Waals surface area contributed by atoms with Gasteiger partial charge in [-0.3, -0.25) is 14.4 Å². The van der Waals surface area contributed by atoms with Gasteiger partial charge in [-0.05, 0) is 38.5 Å². The Morgan fingerprint density at radius 2 is 2.13 bits per heavy atom. The molecule has 2 aromatic rings. The predicted octanol–water partition coefficient (Wildman–Crippen LogP) is 2.55. The number of rotatable bonds is 3. The maximum atomic E-state index is 12.4. The van der Waals surface area contributed by atoms with Gasteiger partial charge in [0.15, 0.2) is 5.13 Å². The van der Waals surface area contributed by atoms with Crippen molar-refractivity contribution in [3.63, 3.8) is 0 Å². The van der Waals surface area contributed by atoms with Crippen molar-refractivity contribution in [2.75, 3.05) is 21.9 Å². The second-order valence-electron chi connectivity index (χ2n) is 5.41. The number of carbonyl (C=O) groups is 1. The topological polar surface area (TPSA) is 79.4 Å². The van der Waals surface area contributed by atoms with E-state index in [0.29, 0.717) is 29.3 Å². The number of amides is 1. The van der Waals surface area contributed by atoms with E-state index < -0.39 is 10.0 Å². The summed E-state index contributed by atoms with van der Waals surface area (Å²) in [4.78, 5) is 17.7. The molecular weight excluding hydrogens is 334 g/mol. The molecule has 1 aliphatic rings. The summed E-state index contributed by atoms with van der Waals surface area (Å²) in [5.41, 5.74) is 1.83. The summed E-state index contributed by atoms with van der Waals surface area (Å²) in [6.45, 7) is 4.29. The Balaban J connectivity index is 1.83. The Hall–Kier alpha value is -1.93. The van der Waals surface area contributed by atoms with Crippen LogP contribution in [0.4, 0.5) is 10.8 Å². The van der Waals surface area contributed by atoms with E-state index in [1.807, 2.05) is 13.8 Å². The van der Waals surface area contributed by atoms with Crippen LogP contribution < -0.4 is 9.62 Å². The highest BCUT2D eigenvalue weighted by Gasteiger charge is 2.28. The van der Waals surface area contributed by atoms with E-state index in [1.165, 1.54) is 15.6 Å². The minimum absolute atomic E-state index is 0.154. The Kier molecular flexibility index (Phi) is 4.11. The molecule has 1 N–H and O–H groups in total. The second-order valence-corrected chi connectivity index (χ2v) is 8.62. The molecule has 0 radical (unpaired) electrons. The maximum absolute atomic E-state index is 12.4. The van der Waals surface area contributed by atoms with E-state index >= 15 is 0 Å². The number of aryl methyl sites for hydroxylation is 2. The van der Waals surface area contributed by atoms with Crippen molar-refractivity contribution < 1.29 is 13.2 Å². The lowest BCUT2D eigenvalue weighted by Gasteiger charge is -2.17. The molecule has 0 saturated carbocycles. The van der Waals surface area contributed by atoms with Gasteiger partial charge in [-0.15, -0.1) is 11.3 Å². The summed E-state index contributed by atoms with van der Waals surface area (Å²) < 4.78 is 25.3. The summed E-state index contributed by atoms with van der Waals surface area (Å²) in [5.74, 6) is -0.140. The number of benzene rings is 1. The van der Waals surface area contributed by atoms with E-state index in [1.54, 1.807) is 24.3 Å². The number of nitrogens with zero attached hydrogens (tertiary/aromatic N) is 2. The largest absolute Gasteiger partial charge is 0.298 e. The third kappa shape index (κ3) is 3.23. The zero-order valence-corrected chi connectivity index (χ0v) is 14.5. The summed E-state index contributed by atoms with van der Waals surface area (Å²) in [5, 5.41) is 3.30. The highest BCUT2D eigenvalue weighted by atomic mass is 32.2. The molecule has 23 heavy (non-hydrogen) atoms. The van der Waals surface area contributed by atoms with Crippen LogP contribution in [0.3, 0.4) is 0 Å². The maximum Gasteiger partial charge on any atom is 0.257 e. The van der Waals surface area contributed by atoms with Crippen LogP contribution in [-0.4, -0.2) is 31.6 Å². The highest BCUT2D eigenvalue weighted by molar-refractivity contribution is 7.93. The van der Waals surface area contributed by atoms with Gasteiger partial charge in [0, 0.05) is 17.0 Å². The highest BCUT2D eigenvalue weighted by Crippen LogP contribution is 2.26. The third-order valence-electron chi connectivity index (χ3n) is 3.74. The van der Waals surface area contributed by atoms with E-state index in [9.17, 15) is 13.2 Å². The van der Waals surface area contributed by atoms with Crippen LogP contribution in [-0.2, 0) is 10.0 Å². The fraction of sp³-hybridized carbons (Fsp3) is 0.333. The van der Waals surface area contributed by atoms with Gasteiger partial charge in [-0.1, -0.05) is 6.07 Å². The number of hydrogen-bond donors (Lipinski definition) is 1. The average molecular weight is 351 g/mol. The number of carbonyl (C=O) groups excluding carboxylic acids is 1. The summed E-state index contributed by atoms with van der Waals surface area (Å²) >= 11 is 1.42. The molecule has 2 heterocycles. The first-order valence-corrected chi connectivity index (χ1v) is 9.65. The molecule has 1 aromatic heterocycles. The molecule has 3 rings (SSSR count). The van der Waals surface area contributed by atoms with Crippen molar-refractivity contribution in [3.8, 4) is 0 Å². The lowest BCUT2D eigenvalue weighted by molar-refractivity contribution is 0.102. The molecule has 0 spiro atoms. The first-order valence-electron chi connectivity index (χ1n) is 7.23. The van der Waals surface area contributed by atoms with Crippen LogP contribution in [0.5, 0.6) is 0 Å². The van der Waals surface area contributed by atoms with E-state index in [4.69, 9.17) is 0 Å². The van der Waals surface area contributed by atoms with Crippen LogP contribution in [0.2, 0.25) is 0 Å². The molecule has 6 nitrogen and oxygen atoms in total. The fourth-order valence-electron chi connectivity index (χ4n) is 2.43. The molecule has 0 atom stereocenters. The molecule has 1 aliphatic heterocycles. The van der Waals surface area contributed by atoms with Crippen molar-refractivity contribution >= 4 is 38.1 Å². The summed E-state index contributed by atoms with van der Waals surface area (Å²) in [6.07, 6.45) is 0.608. The molecule has 122 valence electrons. The minimum atomic E-state index is -3.25. The monoisotopic (exact) mass is 351 g/mol. The molecule has 0 aliphatic carbocycles.